The second kappa shape index (κ2) is 8.50. The molecule has 0 radical (unpaired) electrons. The van der Waals surface area contributed by atoms with Gasteiger partial charge >= 0.3 is 0 Å². The molecule has 0 atom stereocenters. The number of hydrogen-bond acceptors (Lipinski definition) is 3. The van der Waals surface area contributed by atoms with Gasteiger partial charge in [-0.15, -0.1) is 0 Å². The molecule has 2 rings (SSSR count). The van der Waals surface area contributed by atoms with Crippen LogP contribution in [0.15, 0.2) is 24.3 Å². The third-order valence-corrected chi connectivity index (χ3v) is 3.93. The molecule has 1 saturated heterocycles. The van der Waals surface area contributed by atoms with Crippen LogP contribution in [0.3, 0.4) is 0 Å². The number of carbonyl (C=O) groups excluding carboxylic acids is 2. The number of amides is 2. The summed E-state index contributed by atoms with van der Waals surface area (Å²) in [5, 5.41) is 0. The van der Waals surface area contributed by atoms with E-state index in [4.69, 9.17) is 4.74 Å². The maximum atomic E-state index is 12.8. The summed E-state index contributed by atoms with van der Waals surface area (Å²) in [5.74, 6) is 0.219. The van der Waals surface area contributed by atoms with E-state index in [0.29, 0.717) is 31.9 Å². The Morgan fingerprint density at radius 1 is 1.26 bits per heavy atom. The summed E-state index contributed by atoms with van der Waals surface area (Å²) in [6.45, 7) is 1.52. The van der Waals surface area contributed by atoms with Gasteiger partial charge in [-0.3, -0.25) is 9.59 Å². The van der Waals surface area contributed by atoms with Gasteiger partial charge in [-0.2, -0.15) is 0 Å². The predicted molar refractivity (Wildman–Crippen MR) is 84.6 cm³/mol. The van der Waals surface area contributed by atoms with Crippen LogP contribution in [-0.2, 0) is 9.59 Å². The fraction of sp³-hybridized carbons (Fsp3) is 0.529. The third kappa shape index (κ3) is 5.54. The maximum Gasteiger partial charge on any atom is 0.242 e. The summed E-state index contributed by atoms with van der Waals surface area (Å²) < 4.78 is 18.3. The summed E-state index contributed by atoms with van der Waals surface area (Å²) in [6.07, 6.45) is 3.43. The molecule has 2 amide bonds. The van der Waals surface area contributed by atoms with Gasteiger partial charge in [-0.1, -0.05) is 6.42 Å². The summed E-state index contributed by atoms with van der Waals surface area (Å²) >= 11 is 0. The Labute approximate surface area is 136 Å². The summed E-state index contributed by atoms with van der Waals surface area (Å²) in [6, 6.07) is 5.75. The van der Waals surface area contributed by atoms with Crippen molar-refractivity contribution in [1.29, 1.82) is 0 Å². The van der Waals surface area contributed by atoms with Crippen molar-refractivity contribution in [2.75, 3.05) is 33.3 Å². The highest BCUT2D eigenvalue weighted by atomic mass is 19.1. The monoisotopic (exact) mass is 322 g/mol. The Bertz CT molecular complexity index is 533. The van der Waals surface area contributed by atoms with E-state index in [0.717, 1.165) is 19.3 Å². The number of ether oxygens (including phenoxy) is 1. The molecule has 1 aliphatic heterocycles. The molecule has 0 bridgehead atoms. The minimum absolute atomic E-state index is 0.0619. The number of hydrogen-bond donors (Lipinski definition) is 0. The van der Waals surface area contributed by atoms with E-state index >= 15 is 0 Å². The van der Waals surface area contributed by atoms with Gasteiger partial charge in [0.15, 0.2) is 0 Å². The summed E-state index contributed by atoms with van der Waals surface area (Å²) in [7, 11) is 1.69. The van der Waals surface area contributed by atoms with Gasteiger partial charge in [0.2, 0.25) is 11.8 Å². The van der Waals surface area contributed by atoms with Gasteiger partial charge in [0.05, 0.1) is 13.1 Å². The number of carbonyl (C=O) groups is 2. The largest absolute Gasteiger partial charge is 0.492 e. The number of benzene rings is 1. The average molecular weight is 322 g/mol. The van der Waals surface area contributed by atoms with Crippen molar-refractivity contribution in [2.45, 2.75) is 25.7 Å². The van der Waals surface area contributed by atoms with Crippen LogP contribution in [0, 0.1) is 5.82 Å². The van der Waals surface area contributed by atoms with Gasteiger partial charge in [0.1, 0.15) is 18.2 Å². The molecule has 0 spiro atoms. The standard InChI is InChI=1S/C17H23FN2O3/c1-19(11-12-23-15-8-6-14(18)7-9-15)17(22)13-20-10-4-2-3-5-16(20)21/h6-9H,2-5,10-13H2,1H3. The first-order chi connectivity index (χ1) is 11.1. The highest BCUT2D eigenvalue weighted by Gasteiger charge is 2.20. The van der Waals surface area contributed by atoms with E-state index in [1.54, 1.807) is 29.0 Å². The van der Waals surface area contributed by atoms with Crippen LogP contribution in [0.4, 0.5) is 4.39 Å². The van der Waals surface area contributed by atoms with E-state index in [2.05, 4.69) is 0 Å². The second-order valence-electron chi connectivity index (χ2n) is 5.74. The molecule has 1 aromatic carbocycles. The van der Waals surface area contributed by atoms with Crippen LogP contribution in [0.5, 0.6) is 5.75 Å². The van der Waals surface area contributed by atoms with Crippen LogP contribution in [0.25, 0.3) is 0 Å². The molecule has 5 nitrogen and oxygen atoms in total. The Hall–Kier alpha value is -2.11. The Balaban J connectivity index is 1.73. The van der Waals surface area contributed by atoms with Crippen LogP contribution in [0.2, 0.25) is 0 Å². The highest BCUT2D eigenvalue weighted by molar-refractivity contribution is 5.84. The van der Waals surface area contributed by atoms with Crippen LogP contribution < -0.4 is 4.74 Å². The molecule has 126 valence electrons. The fourth-order valence-electron chi connectivity index (χ4n) is 2.45. The lowest BCUT2D eigenvalue weighted by Crippen LogP contribution is -2.42. The molecular weight excluding hydrogens is 299 g/mol. The smallest absolute Gasteiger partial charge is 0.242 e. The number of likely N-dealkylation sites (tertiary alicyclic amines) is 1. The molecular formula is C17H23FN2O3. The lowest BCUT2D eigenvalue weighted by molar-refractivity contribution is -0.139. The van der Waals surface area contributed by atoms with E-state index in [1.807, 2.05) is 0 Å². The fourth-order valence-corrected chi connectivity index (χ4v) is 2.45. The van der Waals surface area contributed by atoms with Crippen molar-refractivity contribution >= 4 is 11.8 Å². The number of halogens is 1. The molecule has 0 unspecified atom stereocenters. The van der Waals surface area contributed by atoms with Crippen LogP contribution in [-0.4, -0.2) is 54.9 Å². The molecule has 1 aliphatic rings. The number of likely N-dealkylation sites (N-methyl/N-ethyl adjacent to an activating group) is 1. The van der Waals surface area contributed by atoms with E-state index in [9.17, 15) is 14.0 Å². The van der Waals surface area contributed by atoms with Crippen LogP contribution in [0.1, 0.15) is 25.7 Å². The van der Waals surface area contributed by atoms with Crippen molar-refractivity contribution < 1.29 is 18.7 Å². The maximum absolute atomic E-state index is 12.8. The zero-order valence-electron chi connectivity index (χ0n) is 13.5. The van der Waals surface area contributed by atoms with Gasteiger partial charge in [0, 0.05) is 20.0 Å². The lowest BCUT2D eigenvalue weighted by atomic mass is 10.2. The molecule has 1 heterocycles. The summed E-state index contributed by atoms with van der Waals surface area (Å²) in [4.78, 5) is 27.3. The molecule has 6 heteroatoms. The van der Waals surface area contributed by atoms with Gasteiger partial charge in [-0.05, 0) is 37.1 Å². The van der Waals surface area contributed by atoms with Gasteiger partial charge in [-0.25, -0.2) is 4.39 Å². The van der Waals surface area contributed by atoms with Gasteiger partial charge < -0.3 is 14.5 Å². The normalized spacial score (nSPS) is 15.2. The third-order valence-electron chi connectivity index (χ3n) is 3.93. The minimum atomic E-state index is -0.313. The Morgan fingerprint density at radius 2 is 2.00 bits per heavy atom. The van der Waals surface area contributed by atoms with Crippen molar-refractivity contribution in [3.63, 3.8) is 0 Å². The topological polar surface area (TPSA) is 49.9 Å². The first-order valence-corrected chi connectivity index (χ1v) is 7.96. The quantitative estimate of drug-likeness (QED) is 0.805. The van der Waals surface area contributed by atoms with Crippen LogP contribution >= 0.6 is 0 Å². The van der Waals surface area contributed by atoms with E-state index in [-0.39, 0.29) is 24.2 Å². The Kier molecular flexibility index (Phi) is 6.38. The molecule has 1 aromatic rings. The van der Waals surface area contributed by atoms with Crippen molar-refractivity contribution in [2.24, 2.45) is 0 Å². The van der Waals surface area contributed by atoms with Crippen molar-refractivity contribution in [3.8, 4) is 5.75 Å². The zero-order valence-corrected chi connectivity index (χ0v) is 13.5. The molecule has 0 aliphatic carbocycles. The summed E-state index contributed by atoms with van der Waals surface area (Å²) in [5.41, 5.74) is 0. The first kappa shape index (κ1) is 17.2. The first-order valence-electron chi connectivity index (χ1n) is 7.96. The highest BCUT2D eigenvalue weighted by Crippen LogP contribution is 2.12. The minimum Gasteiger partial charge on any atom is -0.492 e. The number of rotatable bonds is 6. The molecule has 0 saturated carbocycles. The number of nitrogens with zero attached hydrogens (tertiary/aromatic N) is 2. The average Bonchev–Trinajstić information content (AvgIpc) is 2.74. The second-order valence-corrected chi connectivity index (χ2v) is 5.74. The van der Waals surface area contributed by atoms with E-state index in [1.165, 1.54) is 12.1 Å². The van der Waals surface area contributed by atoms with Gasteiger partial charge in [0.25, 0.3) is 0 Å². The van der Waals surface area contributed by atoms with Crippen molar-refractivity contribution in [1.82, 2.24) is 9.80 Å². The zero-order chi connectivity index (χ0) is 16.7. The Morgan fingerprint density at radius 3 is 2.74 bits per heavy atom. The molecule has 0 N–H and O–H groups in total. The van der Waals surface area contributed by atoms with Crippen molar-refractivity contribution in [3.05, 3.63) is 30.1 Å². The lowest BCUT2D eigenvalue weighted by Gasteiger charge is -2.24. The molecule has 23 heavy (non-hydrogen) atoms. The predicted octanol–water partition coefficient (Wildman–Crippen LogP) is 2.07. The molecule has 0 aromatic heterocycles. The molecule has 1 fully saturated rings. The van der Waals surface area contributed by atoms with E-state index < -0.39 is 0 Å². The SMILES string of the molecule is CN(CCOc1ccc(F)cc1)C(=O)CN1CCCCCC1=O.